The van der Waals surface area contributed by atoms with Gasteiger partial charge in [-0.1, -0.05) is 24.2 Å². The maximum atomic E-state index is 7.19. The van der Waals surface area contributed by atoms with Gasteiger partial charge in [0, 0.05) is 4.11 Å². The van der Waals surface area contributed by atoms with E-state index in [0.717, 1.165) is 6.08 Å². The molecule has 0 saturated carbocycles. The molecule has 0 unspecified atom stereocenters. The van der Waals surface area contributed by atoms with Crippen molar-refractivity contribution in [3.8, 4) is 0 Å². The van der Waals surface area contributed by atoms with Crippen molar-refractivity contribution in [3.05, 3.63) is 30.6 Å². The minimum absolute atomic E-state index is 0.332. The van der Waals surface area contributed by atoms with E-state index in [2.05, 4.69) is 0 Å². The highest BCUT2D eigenvalue weighted by Gasteiger charge is 1.78. The van der Waals surface area contributed by atoms with Gasteiger partial charge in [-0.15, -0.1) is 0 Å². The van der Waals surface area contributed by atoms with Crippen LogP contribution in [0.1, 0.15) is 14.6 Å². The average molecular weight is 85.2 g/mol. The van der Waals surface area contributed by atoms with Crippen LogP contribution in [0.15, 0.2) is 24.2 Å². The Hall–Kier alpha value is -0.520. The molecule has 1 aliphatic carbocycles. The lowest BCUT2D eigenvalue weighted by Crippen LogP contribution is -1.69. The van der Waals surface area contributed by atoms with Gasteiger partial charge < -0.3 is 0 Å². The summed E-state index contributed by atoms with van der Waals surface area (Å²) in [6, 6.07) is -1.23. The third kappa shape index (κ3) is 0.713. The maximum Gasteiger partial charge on any atom is 0.0619 e. The molecule has 0 fully saturated rings. The molecule has 1 rings (SSSR count). The summed E-state index contributed by atoms with van der Waals surface area (Å²) in [4.78, 5) is 0. The standard InChI is InChI=1S/C6H7/c1-2-4-6-5-3-1/h1-5H,6H2/i1D,2D,3D,4D,6D2. The Morgan fingerprint density at radius 1 is 1.50 bits per heavy atom. The van der Waals surface area contributed by atoms with E-state index in [1.165, 1.54) is 0 Å². The number of rotatable bonds is 0. The molecule has 0 aliphatic heterocycles. The predicted octanol–water partition coefficient (Wildman–Crippen LogP) is 1.71. The molecule has 0 spiro atoms. The lowest BCUT2D eigenvalue weighted by atomic mass is 10.2. The molecular formula is C6H7. The molecule has 1 aliphatic rings. The fourth-order valence-corrected chi connectivity index (χ4v) is 0.212. The van der Waals surface area contributed by atoms with E-state index in [9.17, 15) is 0 Å². The first kappa shape index (κ1) is 0.835. The Labute approximate surface area is 46.6 Å². The van der Waals surface area contributed by atoms with E-state index in [1.807, 2.05) is 0 Å². The van der Waals surface area contributed by atoms with E-state index < -0.39 is 24.9 Å². The Morgan fingerprint density at radius 3 is 3.50 bits per heavy atom. The van der Waals surface area contributed by atoms with Crippen LogP contribution in [0.25, 0.3) is 0 Å². The molecule has 0 atom stereocenters. The van der Waals surface area contributed by atoms with Crippen LogP contribution in [0.3, 0.4) is 0 Å². The SMILES string of the molecule is [2H][C]1C([2H])=C([2H])C([2H])=CC1([2H])[2H]. The Morgan fingerprint density at radius 2 is 2.50 bits per heavy atom. The number of allylic oxidation sites excluding steroid dienone is 4. The van der Waals surface area contributed by atoms with Crippen molar-refractivity contribution in [1.82, 2.24) is 0 Å². The Balaban J connectivity index is 3.15. The summed E-state index contributed by atoms with van der Waals surface area (Å²) in [6.45, 7) is 0. The zero-order valence-electron chi connectivity index (χ0n) is 9.08. The summed E-state index contributed by atoms with van der Waals surface area (Å²) >= 11 is 0. The predicted molar refractivity (Wildman–Crippen MR) is 27.2 cm³/mol. The minimum atomic E-state index is -2.07. The molecule has 0 heterocycles. The zero-order valence-corrected chi connectivity index (χ0v) is 3.08. The second-order valence-electron chi connectivity index (χ2n) is 0.808. The number of hydrogen-bond donors (Lipinski definition) is 0. The van der Waals surface area contributed by atoms with Crippen molar-refractivity contribution in [2.24, 2.45) is 0 Å². The second kappa shape index (κ2) is 1.81. The van der Waals surface area contributed by atoms with Gasteiger partial charge in [-0.3, -0.25) is 0 Å². The molecule has 0 aromatic heterocycles. The van der Waals surface area contributed by atoms with Crippen LogP contribution >= 0.6 is 0 Å². The van der Waals surface area contributed by atoms with E-state index in [1.54, 1.807) is 0 Å². The van der Waals surface area contributed by atoms with E-state index >= 15 is 0 Å². The van der Waals surface area contributed by atoms with Crippen molar-refractivity contribution in [2.75, 3.05) is 0 Å². The van der Waals surface area contributed by atoms with Crippen molar-refractivity contribution in [3.63, 3.8) is 0 Å². The van der Waals surface area contributed by atoms with Gasteiger partial charge in [0.05, 0.1) is 4.11 Å². The molecule has 0 aromatic carbocycles. The van der Waals surface area contributed by atoms with Gasteiger partial charge in [-0.2, -0.15) is 0 Å². The smallest absolute Gasteiger partial charge is 0.0619 e. The molecule has 31 valence electrons. The Bertz CT molecular complexity index is 263. The molecule has 0 nitrogen and oxygen atoms in total. The van der Waals surface area contributed by atoms with Gasteiger partial charge in [0.1, 0.15) is 0 Å². The fourth-order valence-electron chi connectivity index (χ4n) is 0.212. The van der Waals surface area contributed by atoms with E-state index in [0.29, 0.717) is 0 Å². The van der Waals surface area contributed by atoms with Crippen molar-refractivity contribution in [2.45, 2.75) is 6.37 Å². The van der Waals surface area contributed by atoms with Crippen LogP contribution in [0.4, 0.5) is 0 Å². The van der Waals surface area contributed by atoms with Crippen LogP contribution in [0.5, 0.6) is 0 Å². The molecule has 0 amide bonds. The van der Waals surface area contributed by atoms with E-state index in [4.69, 9.17) is 8.22 Å². The van der Waals surface area contributed by atoms with Crippen LogP contribution < -0.4 is 0 Å². The lowest BCUT2D eigenvalue weighted by Gasteiger charge is -1.87. The summed E-state index contributed by atoms with van der Waals surface area (Å²) in [5, 5.41) is 0. The molecule has 1 radical (unpaired) electrons. The van der Waals surface area contributed by atoms with Crippen LogP contribution in [0.2, 0.25) is 0 Å². The Kier molecular flexibility index (Phi) is 0.251. The first-order valence-corrected chi connectivity index (χ1v) is 1.58. The molecule has 6 heavy (non-hydrogen) atoms. The topological polar surface area (TPSA) is 0 Å². The van der Waals surface area contributed by atoms with Gasteiger partial charge in [0.2, 0.25) is 0 Å². The summed E-state index contributed by atoms with van der Waals surface area (Å²) in [7, 11) is 0. The van der Waals surface area contributed by atoms with Crippen molar-refractivity contribution in [1.29, 1.82) is 0 Å². The molecule has 0 saturated heterocycles. The molecule has 0 aromatic rings. The summed E-state index contributed by atoms with van der Waals surface area (Å²) < 4.78 is 42.9. The molecule has 0 N–H and O–H groups in total. The minimum Gasteiger partial charge on any atom is -0.0839 e. The molecular weight excluding hydrogens is 72.1 g/mol. The highest BCUT2D eigenvalue weighted by atomic mass is 13.8. The lowest BCUT2D eigenvalue weighted by molar-refractivity contribution is 1.27. The summed E-state index contributed by atoms with van der Waals surface area (Å²) in [6.07, 6.45) is -1.75. The van der Waals surface area contributed by atoms with Crippen LogP contribution in [-0.4, -0.2) is 0 Å². The van der Waals surface area contributed by atoms with Gasteiger partial charge in [-0.05, 0) is 12.8 Å². The summed E-state index contributed by atoms with van der Waals surface area (Å²) in [5.74, 6) is 0. The van der Waals surface area contributed by atoms with E-state index in [-0.39, 0.29) is 6.05 Å². The molecule has 0 heteroatoms. The largest absolute Gasteiger partial charge is 0.0839 e. The second-order valence-corrected chi connectivity index (χ2v) is 0.808. The van der Waals surface area contributed by atoms with Crippen LogP contribution in [-0.2, 0) is 0 Å². The van der Waals surface area contributed by atoms with Gasteiger partial charge >= 0.3 is 0 Å². The summed E-state index contributed by atoms with van der Waals surface area (Å²) in [5.41, 5.74) is 0. The number of hydrogen-bond acceptors (Lipinski definition) is 0. The highest BCUT2D eigenvalue weighted by Crippen LogP contribution is 1.96. The highest BCUT2D eigenvalue weighted by molar-refractivity contribution is 5.14. The molecule has 0 bridgehead atoms. The van der Waals surface area contributed by atoms with Crippen molar-refractivity contribution >= 4 is 0 Å². The van der Waals surface area contributed by atoms with Crippen LogP contribution in [0, 0.1) is 6.40 Å². The van der Waals surface area contributed by atoms with Gasteiger partial charge in [0.15, 0.2) is 0 Å². The maximum absolute atomic E-state index is 7.19. The average Bonchev–Trinajstić information content (AvgIpc) is 1.97. The zero-order chi connectivity index (χ0) is 9.52. The monoisotopic (exact) mass is 85.1 g/mol. The quantitative estimate of drug-likeness (QED) is 0.420. The van der Waals surface area contributed by atoms with Gasteiger partial charge in [0.25, 0.3) is 0 Å². The third-order valence-corrected chi connectivity index (χ3v) is 0.414. The fraction of sp³-hybridized carbons (Fsp3) is 0.167. The normalized spacial score (nSPS) is 49.7. The third-order valence-electron chi connectivity index (χ3n) is 0.414. The van der Waals surface area contributed by atoms with Crippen molar-refractivity contribution < 1.29 is 8.22 Å². The first-order valence-electron chi connectivity index (χ1n) is 4.58. The first-order chi connectivity index (χ1) is 5.36. The van der Waals surface area contributed by atoms with Gasteiger partial charge in [-0.25, -0.2) is 0 Å².